The van der Waals surface area contributed by atoms with Crippen molar-refractivity contribution in [2.75, 3.05) is 12.3 Å². The third kappa shape index (κ3) is 2.75. The van der Waals surface area contributed by atoms with E-state index in [-0.39, 0.29) is 23.4 Å². The van der Waals surface area contributed by atoms with Gasteiger partial charge < -0.3 is 25.0 Å². The van der Waals surface area contributed by atoms with Gasteiger partial charge in [0.15, 0.2) is 22.6 Å². The van der Waals surface area contributed by atoms with E-state index in [2.05, 4.69) is 25.4 Å². The van der Waals surface area contributed by atoms with E-state index in [1.165, 1.54) is 10.9 Å². The lowest BCUT2D eigenvalue weighted by Crippen LogP contribution is -2.42. The van der Waals surface area contributed by atoms with Crippen LogP contribution in [-0.2, 0) is 13.8 Å². The molecular formula is C12H13FN5O5P. The Morgan fingerprint density at radius 1 is 1.67 bits per heavy atom. The molecule has 0 bridgehead atoms. The van der Waals surface area contributed by atoms with Crippen molar-refractivity contribution in [3.8, 4) is 12.3 Å². The zero-order valence-electron chi connectivity index (χ0n) is 12.1. The summed E-state index contributed by atoms with van der Waals surface area (Å²) in [4.78, 5) is 19.8. The maximum absolute atomic E-state index is 13.4. The first-order valence-corrected chi connectivity index (χ1v) is 7.97. The number of nitrogens with two attached hydrogens (primary N) is 1. The number of rotatable bonds is 4. The molecule has 0 radical (unpaired) electrons. The highest BCUT2D eigenvalue weighted by molar-refractivity contribution is 7.32. The van der Waals surface area contributed by atoms with Crippen LogP contribution in [0.2, 0.25) is 0 Å². The van der Waals surface area contributed by atoms with Crippen molar-refractivity contribution in [2.45, 2.75) is 24.4 Å². The summed E-state index contributed by atoms with van der Waals surface area (Å²) in [7, 11) is -3.25. The second kappa shape index (κ2) is 6.08. The molecule has 2 aromatic heterocycles. The minimum Gasteiger partial charge on any atom is -0.389 e. The molecule has 10 nitrogen and oxygen atoms in total. The molecule has 1 aliphatic rings. The molecule has 1 fully saturated rings. The smallest absolute Gasteiger partial charge is 0.316 e. The first-order chi connectivity index (χ1) is 11.4. The molecule has 3 heterocycles. The number of anilines is 1. The summed E-state index contributed by atoms with van der Waals surface area (Å²) >= 11 is 0. The molecule has 4 N–H and O–H groups in total. The first kappa shape index (κ1) is 16.8. The number of nitrogens with zero attached hydrogens (tertiary/aromatic N) is 4. The lowest BCUT2D eigenvalue weighted by atomic mass is 9.99. The van der Waals surface area contributed by atoms with E-state index in [4.69, 9.17) is 21.8 Å². The molecule has 4 atom stereocenters. The second-order valence-corrected chi connectivity index (χ2v) is 5.93. The molecule has 128 valence electrons. The lowest BCUT2D eigenvalue weighted by molar-refractivity contribution is -0.0843. The number of halogens is 1. The maximum Gasteiger partial charge on any atom is 0.316 e. The third-order valence-electron chi connectivity index (χ3n) is 3.70. The van der Waals surface area contributed by atoms with Crippen molar-refractivity contribution in [3.05, 3.63) is 12.4 Å². The molecule has 3 rings (SSSR count). The summed E-state index contributed by atoms with van der Waals surface area (Å²) in [6.45, 7) is -0.479. The molecule has 0 amide bonds. The molecule has 1 aliphatic heterocycles. The van der Waals surface area contributed by atoms with Gasteiger partial charge in [0.05, 0.1) is 12.9 Å². The van der Waals surface area contributed by atoms with Gasteiger partial charge in [-0.3, -0.25) is 9.13 Å². The number of fused-ring (bicyclic) bond motifs is 1. The number of hydrogen-bond donors (Lipinski definition) is 3. The van der Waals surface area contributed by atoms with Crippen LogP contribution in [0.1, 0.15) is 12.6 Å². The molecule has 2 aromatic rings. The van der Waals surface area contributed by atoms with Gasteiger partial charge in [0.2, 0.25) is 0 Å². The quantitative estimate of drug-likeness (QED) is 0.378. The zero-order valence-corrected chi connectivity index (χ0v) is 13.1. The standard InChI is InChI=1S/C12H13FN5O5P/c1-2-12(4-22-24(20)21)6(19)3-7(23-12)18-5-15-8-9(14)16-11(13)17-10(8)18/h1,5-7,19,24H,3-4H2,(H,20,21)(H2,14,16,17)/t6-,7-,12-/m1/s1. The van der Waals surface area contributed by atoms with Crippen molar-refractivity contribution < 1.29 is 28.2 Å². The van der Waals surface area contributed by atoms with Gasteiger partial charge in [0.1, 0.15) is 12.3 Å². The fraction of sp³-hybridized carbons (Fsp3) is 0.417. The minimum atomic E-state index is -3.25. The molecule has 0 aliphatic carbocycles. The Hall–Kier alpha value is -2.09. The molecule has 0 spiro atoms. The Bertz CT molecular complexity index is 854. The number of aliphatic hydroxyl groups excluding tert-OH is 1. The summed E-state index contributed by atoms with van der Waals surface area (Å²) in [5.41, 5.74) is 4.21. The number of imidazole rings is 1. The molecule has 1 saturated heterocycles. The van der Waals surface area contributed by atoms with Crippen molar-refractivity contribution in [1.29, 1.82) is 0 Å². The van der Waals surface area contributed by atoms with E-state index in [1.807, 2.05) is 0 Å². The average molecular weight is 357 g/mol. The predicted octanol–water partition coefficient (Wildman–Crippen LogP) is -0.402. The van der Waals surface area contributed by atoms with Crippen LogP contribution in [0.4, 0.5) is 10.2 Å². The molecule has 12 heteroatoms. The van der Waals surface area contributed by atoms with Gasteiger partial charge in [-0.15, -0.1) is 6.42 Å². The van der Waals surface area contributed by atoms with Crippen LogP contribution in [0.25, 0.3) is 11.2 Å². The number of nitrogen functional groups attached to an aromatic ring is 1. The van der Waals surface area contributed by atoms with Gasteiger partial charge in [0.25, 0.3) is 0 Å². The highest BCUT2D eigenvalue weighted by atomic mass is 31.1. The minimum absolute atomic E-state index is 0.0108. The van der Waals surface area contributed by atoms with Gasteiger partial charge >= 0.3 is 14.3 Å². The van der Waals surface area contributed by atoms with E-state index in [0.29, 0.717) is 0 Å². The van der Waals surface area contributed by atoms with Gasteiger partial charge in [-0.05, 0) is 0 Å². The van der Waals surface area contributed by atoms with Crippen molar-refractivity contribution in [1.82, 2.24) is 19.5 Å². The largest absolute Gasteiger partial charge is 0.389 e. The second-order valence-electron chi connectivity index (χ2n) is 5.11. The number of terminal acetylenes is 1. The van der Waals surface area contributed by atoms with E-state index in [1.54, 1.807) is 0 Å². The van der Waals surface area contributed by atoms with E-state index >= 15 is 0 Å². The van der Waals surface area contributed by atoms with Gasteiger partial charge in [-0.25, -0.2) is 4.98 Å². The number of ether oxygens (including phenoxy) is 1. The van der Waals surface area contributed by atoms with Gasteiger partial charge in [0, 0.05) is 6.42 Å². The SMILES string of the molecule is C#C[C@]1(CO[PH](=O)O)O[C@@H](n2cnc3c(N)nc(F)nc32)C[C@H]1O. The zero-order chi connectivity index (χ0) is 17.5. The van der Waals surface area contributed by atoms with Crippen molar-refractivity contribution in [2.24, 2.45) is 0 Å². The fourth-order valence-corrected chi connectivity index (χ4v) is 2.85. The number of aliphatic hydroxyl groups is 1. The van der Waals surface area contributed by atoms with E-state index < -0.39 is 38.9 Å². The monoisotopic (exact) mass is 357 g/mol. The highest BCUT2D eigenvalue weighted by Crippen LogP contribution is 2.39. The Balaban J connectivity index is 1.95. The number of hydrogen-bond acceptors (Lipinski definition) is 8. The van der Waals surface area contributed by atoms with Crippen LogP contribution in [0.3, 0.4) is 0 Å². The predicted molar refractivity (Wildman–Crippen MR) is 79.2 cm³/mol. The third-order valence-corrected chi connectivity index (χ3v) is 4.09. The van der Waals surface area contributed by atoms with Crippen LogP contribution >= 0.6 is 8.25 Å². The number of aromatic nitrogens is 4. The average Bonchev–Trinajstić information content (AvgIpc) is 3.07. The molecule has 0 saturated carbocycles. The van der Waals surface area contributed by atoms with Crippen LogP contribution in [0, 0.1) is 18.4 Å². The van der Waals surface area contributed by atoms with Crippen LogP contribution in [-0.4, -0.2) is 47.8 Å². The molecule has 1 unspecified atom stereocenters. The molecule has 24 heavy (non-hydrogen) atoms. The maximum atomic E-state index is 13.4. The summed E-state index contributed by atoms with van der Waals surface area (Å²) in [5.74, 6) is 2.11. The van der Waals surface area contributed by atoms with Crippen LogP contribution in [0.5, 0.6) is 0 Å². The van der Waals surface area contributed by atoms with E-state index in [9.17, 15) is 14.1 Å². The first-order valence-electron chi connectivity index (χ1n) is 6.71. The summed E-state index contributed by atoms with van der Waals surface area (Å²) in [5, 5.41) is 10.2. The Morgan fingerprint density at radius 3 is 3.08 bits per heavy atom. The molecule has 0 aromatic carbocycles. The Morgan fingerprint density at radius 2 is 2.42 bits per heavy atom. The summed E-state index contributed by atoms with van der Waals surface area (Å²) in [6, 6.07) is 0. The molecular weight excluding hydrogens is 344 g/mol. The van der Waals surface area contributed by atoms with Gasteiger partial charge in [-0.1, -0.05) is 5.92 Å². The lowest BCUT2D eigenvalue weighted by Gasteiger charge is -2.25. The highest BCUT2D eigenvalue weighted by Gasteiger charge is 2.48. The van der Waals surface area contributed by atoms with Gasteiger partial charge in [-0.2, -0.15) is 14.4 Å². The van der Waals surface area contributed by atoms with E-state index in [0.717, 1.165) is 0 Å². The fourth-order valence-electron chi connectivity index (χ4n) is 2.51. The van der Waals surface area contributed by atoms with Crippen LogP contribution in [0.15, 0.2) is 6.33 Å². The Labute approximate surface area is 135 Å². The normalized spacial score (nSPS) is 28.1. The topological polar surface area (TPSA) is 146 Å². The Kier molecular flexibility index (Phi) is 4.25. The van der Waals surface area contributed by atoms with Crippen molar-refractivity contribution in [3.63, 3.8) is 0 Å². The van der Waals surface area contributed by atoms with Crippen LogP contribution < -0.4 is 5.73 Å². The summed E-state index contributed by atoms with van der Waals surface area (Å²) in [6.07, 6.45) is 3.65. The van der Waals surface area contributed by atoms with Crippen molar-refractivity contribution >= 4 is 25.2 Å². The summed E-state index contributed by atoms with van der Waals surface area (Å²) < 4.78 is 35.8.